The topological polar surface area (TPSA) is 96.6 Å². The number of nitrogens with zero attached hydrogens (tertiary/aromatic N) is 1. The fraction of sp³-hybridized carbons (Fsp3) is 0.174. The molecule has 0 atom stereocenters. The summed E-state index contributed by atoms with van der Waals surface area (Å²) < 4.78 is 0. The average Bonchev–Trinajstić information content (AvgIpc) is 3.16. The van der Waals surface area contributed by atoms with Crippen molar-refractivity contribution < 1.29 is 9.59 Å². The van der Waals surface area contributed by atoms with Crippen molar-refractivity contribution in [2.45, 2.75) is 26.2 Å². The average molecular weight is 457 g/mol. The molecule has 4 N–H and O–H groups in total. The van der Waals surface area contributed by atoms with E-state index in [1.165, 1.54) is 17.6 Å². The van der Waals surface area contributed by atoms with Crippen molar-refractivity contribution in [3.8, 4) is 0 Å². The molecule has 1 heterocycles. The van der Waals surface area contributed by atoms with E-state index in [1.807, 2.05) is 18.2 Å². The van der Waals surface area contributed by atoms with Gasteiger partial charge in [0.05, 0.1) is 11.9 Å². The van der Waals surface area contributed by atoms with Gasteiger partial charge in [0, 0.05) is 11.3 Å². The van der Waals surface area contributed by atoms with E-state index in [2.05, 4.69) is 36.5 Å². The molecule has 2 aromatic carbocycles. The lowest BCUT2D eigenvalue weighted by Crippen LogP contribution is -2.17. The van der Waals surface area contributed by atoms with E-state index in [0.717, 1.165) is 11.1 Å². The molecule has 0 bridgehead atoms. The van der Waals surface area contributed by atoms with Gasteiger partial charge < -0.3 is 16.5 Å². The van der Waals surface area contributed by atoms with Crippen LogP contribution in [0, 0.1) is 0 Å². The maximum absolute atomic E-state index is 12.7. The summed E-state index contributed by atoms with van der Waals surface area (Å²) in [6.45, 7) is 6.37. The van der Waals surface area contributed by atoms with E-state index in [-0.39, 0.29) is 29.6 Å². The number of rotatable bonds is 5. The minimum Gasteiger partial charge on any atom is -0.323 e. The van der Waals surface area contributed by atoms with Crippen molar-refractivity contribution in [3.05, 3.63) is 81.5 Å². The van der Waals surface area contributed by atoms with Crippen molar-refractivity contribution in [3.63, 3.8) is 0 Å². The van der Waals surface area contributed by atoms with Crippen LogP contribution in [0.15, 0.2) is 65.1 Å². The van der Waals surface area contributed by atoms with Gasteiger partial charge in [-0.15, -0.1) is 23.7 Å². The smallest absolute Gasteiger partial charge is 0.267 e. The third-order valence-corrected chi connectivity index (χ3v) is 5.41. The zero-order chi connectivity index (χ0) is 21.7. The lowest BCUT2D eigenvalue weighted by Gasteiger charge is -2.19. The number of amides is 2. The fourth-order valence-electron chi connectivity index (χ4n) is 2.87. The molecule has 3 aromatic rings. The monoisotopic (exact) mass is 456 g/mol. The molecule has 0 aliphatic rings. The number of carbonyl (C=O) groups is 2. The molecule has 0 fully saturated rings. The first kappa shape index (κ1) is 24.1. The van der Waals surface area contributed by atoms with E-state index in [1.54, 1.807) is 41.8 Å². The number of thiophene rings is 1. The normalized spacial score (nSPS) is 11.1. The standard InChI is InChI=1S/C23H24N4O2S.ClH/c1-23(2,3)17-9-7-16(8-10-17)21(28)27-19-11-12-30-20(19)22(29)26-18-6-4-5-15(13-18)14-25-24;/h4-14H,24H2,1-3H3,(H,26,29)(H,27,28);1H. The Kier molecular flexibility index (Phi) is 7.96. The Labute approximate surface area is 192 Å². The van der Waals surface area contributed by atoms with Crippen LogP contribution in [-0.2, 0) is 5.41 Å². The number of benzene rings is 2. The highest BCUT2D eigenvalue weighted by Crippen LogP contribution is 2.26. The summed E-state index contributed by atoms with van der Waals surface area (Å²) in [6, 6.07) is 16.4. The third kappa shape index (κ3) is 6.16. The molecular weight excluding hydrogens is 432 g/mol. The van der Waals surface area contributed by atoms with Crippen LogP contribution in [0.1, 0.15) is 51.9 Å². The molecular formula is C23H25ClN4O2S. The Balaban J connectivity index is 0.00000341. The molecule has 0 radical (unpaired) electrons. The van der Waals surface area contributed by atoms with Crippen molar-refractivity contribution in [1.29, 1.82) is 0 Å². The van der Waals surface area contributed by atoms with Gasteiger partial charge in [-0.25, -0.2) is 0 Å². The van der Waals surface area contributed by atoms with E-state index in [4.69, 9.17) is 5.84 Å². The fourth-order valence-corrected chi connectivity index (χ4v) is 3.61. The summed E-state index contributed by atoms with van der Waals surface area (Å²) in [4.78, 5) is 25.8. The number of hydrazone groups is 1. The predicted octanol–water partition coefficient (Wildman–Crippen LogP) is 5.26. The SMILES string of the molecule is CC(C)(C)c1ccc(C(=O)Nc2ccsc2C(=O)Nc2cccc(C=NN)c2)cc1.Cl. The maximum Gasteiger partial charge on any atom is 0.267 e. The van der Waals surface area contributed by atoms with E-state index < -0.39 is 0 Å². The quantitative estimate of drug-likeness (QED) is 0.277. The van der Waals surface area contributed by atoms with Crippen LogP contribution < -0.4 is 16.5 Å². The number of nitrogens with one attached hydrogen (secondary N) is 2. The molecule has 2 amide bonds. The van der Waals surface area contributed by atoms with Crippen molar-refractivity contribution in [1.82, 2.24) is 0 Å². The van der Waals surface area contributed by atoms with Crippen LogP contribution in [0.5, 0.6) is 0 Å². The molecule has 8 heteroatoms. The molecule has 162 valence electrons. The third-order valence-electron chi connectivity index (χ3n) is 4.50. The van der Waals surface area contributed by atoms with Gasteiger partial charge in [0.2, 0.25) is 0 Å². The number of nitrogens with two attached hydrogens (primary N) is 1. The lowest BCUT2D eigenvalue weighted by molar-refractivity contribution is 0.102. The summed E-state index contributed by atoms with van der Waals surface area (Å²) in [5, 5.41) is 10.9. The number of anilines is 2. The Morgan fingerprint density at radius 1 is 1.00 bits per heavy atom. The van der Waals surface area contributed by atoms with E-state index in [9.17, 15) is 9.59 Å². The Hall–Kier alpha value is -3.16. The minimum absolute atomic E-state index is 0. The zero-order valence-corrected chi connectivity index (χ0v) is 19.1. The van der Waals surface area contributed by atoms with Gasteiger partial charge in [-0.3, -0.25) is 9.59 Å². The van der Waals surface area contributed by atoms with Crippen LogP contribution in [-0.4, -0.2) is 18.0 Å². The molecule has 0 spiro atoms. The molecule has 0 aliphatic carbocycles. The highest BCUT2D eigenvalue weighted by atomic mass is 35.5. The van der Waals surface area contributed by atoms with Gasteiger partial charge in [-0.2, -0.15) is 5.10 Å². The van der Waals surface area contributed by atoms with Crippen molar-refractivity contribution >= 4 is 53.1 Å². The van der Waals surface area contributed by atoms with Gasteiger partial charge in [-0.05, 0) is 52.3 Å². The van der Waals surface area contributed by atoms with Gasteiger partial charge in [0.15, 0.2) is 0 Å². The van der Waals surface area contributed by atoms with Gasteiger partial charge >= 0.3 is 0 Å². The first-order valence-corrected chi connectivity index (χ1v) is 10.3. The molecule has 0 unspecified atom stereocenters. The Morgan fingerprint density at radius 3 is 2.35 bits per heavy atom. The second kappa shape index (κ2) is 10.2. The summed E-state index contributed by atoms with van der Waals surface area (Å²) >= 11 is 1.26. The van der Waals surface area contributed by atoms with E-state index in [0.29, 0.717) is 21.8 Å². The van der Waals surface area contributed by atoms with Crippen LogP contribution in [0.4, 0.5) is 11.4 Å². The first-order chi connectivity index (χ1) is 14.3. The molecule has 0 saturated heterocycles. The second-order valence-electron chi connectivity index (χ2n) is 7.80. The maximum atomic E-state index is 12.7. The van der Waals surface area contributed by atoms with Crippen LogP contribution in [0.25, 0.3) is 0 Å². The molecule has 1 aromatic heterocycles. The zero-order valence-electron chi connectivity index (χ0n) is 17.5. The summed E-state index contributed by atoms with van der Waals surface area (Å²) in [5.74, 6) is 4.62. The largest absolute Gasteiger partial charge is 0.323 e. The Bertz CT molecular complexity index is 1090. The number of halogens is 1. The van der Waals surface area contributed by atoms with Gasteiger partial charge in [-0.1, -0.05) is 45.0 Å². The van der Waals surface area contributed by atoms with Gasteiger partial charge in [0.25, 0.3) is 11.8 Å². The number of carbonyl (C=O) groups excluding carboxylic acids is 2. The van der Waals surface area contributed by atoms with Crippen molar-refractivity contribution in [2.75, 3.05) is 10.6 Å². The first-order valence-electron chi connectivity index (χ1n) is 9.42. The molecule has 0 aliphatic heterocycles. The highest BCUT2D eigenvalue weighted by molar-refractivity contribution is 7.12. The summed E-state index contributed by atoms with van der Waals surface area (Å²) in [5.41, 5.74) is 3.56. The lowest BCUT2D eigenvalue weighted by atomic mass is 9.87. The molecule has 3 rings (SSSR count). The number of hydrogen-bond donors (Lipinski definition) is 3. The van der Waals surface area contributed by atoms with Crippen LogP contribution in [0.2, 0.25) is 0 Å². The molecule has 31 heavy (non-hydrogen) atoms. The van der Waals surface area contributed by atoms with Crippen LogP contribution >= 0.6 is 23.7 Å². The molecule has 0 saturated carbocycles. The van der Waals surface area contributed by atoms with Crippen LogP contribution in [0.3, 0.4) is 0 Å². The minimum atomic E-state index is -0.301. The predicted molar refractivity (Wildman–Crippen MR) is 131 cm³/mol. The second-order valence-corrected chi connectivity index (χ2v) is 8.72. The summed E-state index contributed by atoms with van der Waals surface area (Å²) in [6.07, 6.45) is 1.50. The van der Waals surface area contributed by atoms with Crippen molar-refractivity contribution in [2.24, 2.45) is 10.9 Å². The number of hydrogen-bond acceptors (Lipinski definition) is 5. The Morgan fingerprint density at radius 2 is 1.71 bits per heavy atom. The highest BCUT2D eigenvalue weighted by Gasteiger charge is 2.18. The summed E-state index contributed by atoms with van der Waals surface area (Å²) in [7, 11) is 0. The van der Waals surface area contributed by atoms with Gasteiger partial charge in [0.1, 0.15) is 4.88 Å². The van der Waals surface area contributed by atoms with E-state index >= 15 is 0 Å². The molecule has 6 nitrogen and oxygen atoms in total.